The highest BCUT2D eigenvalue weighted by atomic mass is 31.2. The molecule has 0 aliphatic heterocycles. The summed E-state index contributed by atoms with van der Waals surface area (Å²) in [4.78, 5) is 58.5. The van der Waals surface area contributed by atoms with Gasteiger partial charge in [-0.05, 0) is 135 Å². The number of hydrogen-bond donors (Lipinski definition) is 4. The van der Waals surface area contributed by atoms with Gasteiger partial charge >= 0.3 is 33.6 Å². The van der Waals surface area contributed by atoms with Crippen LogP contribution in [0.2, 0.25) is 0 Å². The number of phosphoric ester groups is 2. The summed E-state index contributed by atoms with van der Waals surface area (Å²) in [6.45, 7) is 2.39. The van der Waals surface area contributed by atoms with Crippen LogP contribution in [0.3, 0.4) is 0 Å². The zero-order chi connectivity index (χ0) is 70.9. The van der Waals surface area contributed by atoms with Crippen LogP contribution < -0.4 is 0 Å². The molecule has 0 aromatic heterocycles. The number of allylic oxidation sites excluding steroid dienone is 22. The lowest BCUT2D eigenvalue weighted by molar-refractivity contribution is -0.161. The molecule has 0 aromatic rings. The number of hydrogen-bond acceptors (Lipinski definition) is 14. The molecule has 0 radical (unpaired) electrons. The molecule has 0 saturated carbocycles. The molecule has 0 bridgehead atoms. The van der Waals surface area contributed by atoms with Crippen molar-refractivity contribution in [2.24, 2.45) is 0 Å². The Bertz CT molecular complexity index is 2300. The number of carbonyl (C=O) groups excluding carboxylic acids is 3. The molecule has 0 fully saturated rings. The number of carbonyl (C=O) groups is 3. The quantitative estimate of drug-likeness (QED) is 0.0146. The average Bonchev–Trinajstić information content (AvgIpc) is 1.62. The molecule has 0 rings (SSSR count). The fourth-order valence-electron chi connectivity index (χ4n) is 9.68. The molecule has 18 heteroatoms. The Morgan fingerprint density at radius 3 is 0.876 bits per heavy atom. The lowest BCUT2D eigenvalue weighted by Crippen LogP contribution is -2.30. The lowest BCUT2D eigenvalue weighted by atomic mass is 10.0. The minimum Gasteiger partial charge on any atom is -0.463 e. The second kappa shape index (κ2) is 71.5. The Hall–Kier alpha value is -4.31. The average molecular weight is 1400 g/mol. The van der Waals surface area contributed by atoms with Gasteiger partial charge in [-0.3, -0.25) is 32.5 Å². The molecule has 0 aliphatic carbocycles. The Labute approximate surface area is 588 Å². The van der Waals surface area contributed by atoms with E-state index in [0.717, 1.165) is 154 Å². The van der Waals surface area contributed by atoms with Crippen molar-refractivity contribution >= 4 is 33.6 Å². The zero-order valence-electron chi connectivity index (χ0n) is 60.5. The van der Waals surface area contributed by atoms with Gasteiger partial charge in [-0.25, -0.2) is 9.13 Å². The van der Waals surface area contributed by atoms with E-state index in [2.05, 4.69) is 154 Å². The standard InChI is InChI=1S/C79H134O16P2/c1-4-7-10-13-16-19-22-25-27-29-30-31-32-33-34-35-36-37-38-39-40-41-42-44-46-48-50-53-56-59-62-65-77(82)89-68-74(80)69-91-96(85,86)92-70-75(81)71-93-97(87,88)94-73-76(95-79(84)67-64-61-58-55-52-47-24-21-18-15-12-9-6-3)72-90-78(83)66-63-60-57-54-51-49-45-43-28-26-23-20-17-14-11-8-5-2/h7-8,10-11,16-17,19-21,24-28,30-31,33-34,36-37,45,49,74-76,80-81H,4-6,9,12-15,18,22-23,29,32,35,38-44,46-48,50-73H2,1-3H3,(H,85,86)(H,87,88)/b10-7-,11-8-,19-16-,20-17-,24-21-,27-25-,28-26-,31-30-,34-33-,37-36-,49-45-. The maximum Gasteiger partial charge on any atom is 0.472 e. The fourth-order valence-corrected chi connectivity index (χ4v) is 11.3. The predicted molar refractivity (Wildman–Crippen MR) is 399 cm³/mol. The summed E-state index contributed by atoms with van der Waals surface area (Å²) in [6.07, 6.45) is 85.1. The van der Waals surface area contributed by atoms with E-state index in [9.17, 15) is 43.5 Å². The van der Waals surface area contributed by atoms with Gasteiger partial charge in [0.15, 0.2) is 6.10 Å². The second-order valence-electron chi connectivity index (χ2n) is 24.7. The van der Waals surface area contributed by atoms with Crippen LogP contribution in [0.15, 0.2) is 134 Å². The maximum absolute atomic E-state index is 12.9. The molecular weight excluding hydrogens is 1270 g/mol. The van der Waals surface area contributed by atoms with E-state index < -0.39 is 91.5 Å². The van der Waals surface area contributed by atoms with Crippen LogP contribution in [-0.2, 0) is 55.8 Å². The Balaban J connectivity index is 4.46. The van der Waals surface area contributed by atoms with E-state index >= 15 is 0 Å². The monoisotopic (exact) mass is 1400 g/mol. The molecule has 0 aromatic carbocycles. The van der Waals surface area contributed by atoms with Crippen molar-refractivity contribution in [3.63, 3.8) is 0 Å². The van der Waals surface area contributed by atoms with Crippen LogP contribution in [0.1, 0.15) is 290 Å². The highest BCUT2D eigenvalue weighted by molar-refractivity contribution is 7.47. The molecule has 0 amide bonds. The normalized spacial score (nSPS) is 14.8. The Kier molecular flexibility index (Phi) is 68.3. The predicted octanol–water partition coefficient (Wildman–Crippen LogP) is 21.5. The third-order valence-electron chi connectivity index (χ3n) is 15.3. The van der Waals surface area contributed by atoms with Crippen molar-refractivity contribution < 1.29 is 75.8 Å². The lowest BCUT2D eigenvalue weighted by Gasteiger charge is -2.21. The number of aliphatic hydroxyl groups excluding tert-OH is 2. The van der Waals surface area contributed by atoms with Gasteiger partial charge in [0.25, 0.3) is 0 Å². The van der Waals surface area contributed by atoms with E-state index in [-0.39, 0.29) is 19.3 Å². The largest absolute Gasteiger partial charge is 0.472 e. The highest BCUT2D eigenvalue weighted by Crippen LogP contribution is 2.45. The summed E-state index contributed by atoms with van der Waals surface area (Å²) >= 11 is 0. The number of unbranched alkanes of at least 4 members (excludes halogenated alkanes) is 25. The molecule has 0 heterocycles. The van der Waals surface area contributed by atoms with Gasteiger partial charge in [0.05, 0.1) is 26.4 Å². The van der Waals surface area contributed by atoms with E-state index in [0.29, 0.717) is 19.3 Å². The van der Waals surface area contributed by atoms with E-state index in [4.69, 9.17) is 32.3 Å². The SMILES string of the molecule is CC/C=C\C/C=C\C/C=C\C/C=C\C/C=C\C/C=C\CCCCCCCCCCCCCCC(=O)OCC(O)COP(=O)(O)OCC(O)COP(=O)(O)OCC(COC(=O)CCCCCC/C=C\C/C=C\C/C=C\C/C=C\CC)OC(=O)CCCCCCC/C=C\CCCCCC. The van der Waals surface area contributed by atoms with E-state index in [1.54, 1.807) is 0 Å². The smallest absolute Gasteiger partial charge is 0.463 e. The van der Waals surface area contributed by atoms with Crippen LogP contribution in [0.25, 0.3) is 0 Å². The fraction of sp³-hybridized carbons (Fsp3) is 0.684. The first-order valence-corrected chi connectivity index (χ1v) is 40.5. The summed E-state index contributed by atoms with van der Waals surface area (Å²) in [6, 6.07) is 0. The molecule has 16 nitrogen and oxygen atoms in total. The van der Waals surface area contributed by atoms with Crippen molar-refractivity contribution in [1.29, 1.82) is 0 Å². The minimum atomic E-state index is -4.93. The van der Waals surface area contributed by atoms with Crippen molar-refractivity contribution in [2.45, 2.75) is 309 Å². The van der Waals surface area contributed by atoms with Crippen LogP contribution in [0, 0.1) is 0 Å². The molecule has 97 heavy (non-hydrogen) atoms. The van der Waals surface area contributed by atoms with Crippen molar-refractivity contribution in [3.05, 3.63) is 134 Å². The summed E-state index contributed by atoms with van der Waals surface area (Å²) in [5.74, 6) is -1.62. The van der Waals surface area contributed by atoms with Crippen LogP contribution in [0.5, 0.6) is 0 Å². The van der Waals surface area contributed by atoms with Gasteiger partial charge in [0, 0.05) is 19.3 Å². The zero-order valence-corrected chi connectivity index (χ0v) is 62.2. The van der Waals surface area contributed by atoms with E-state index in [1.807, 2.05) is 0 Å². The van der Waals surface area contributed by atoms with Crippen LogP contribution in [-0.4, -0.2) is 95.9 Å². The van der Waals surface area contributed by atoms with Crippen molar-refractivity contribution in [1.82, 2.24) is 0 Å². The van der Waals surface area contributed by atoms with Gasteiger partial charge in [-0.1, -0.05) is 270 Å². The van der Waals surface area contributed by atoms with Gasteiger partial charge in [0.1, 0.15) is 25.4 Å². The van der Waals surface area contributed by atoms with Gasteiger partial charge in [-0.15, -0.1) is 0 Å². The molecule has 556 valence electrons. The topological polar surface area (TPSA) is 231 Å². The molecule has 5 atom stereocenters. The third-order valence-corrected chi connectivity index (χ3v) is 17.2. The molecule has 0 saturated heterocycles. The molecule has 0 aliphatic rings. The molecular formula is C79H134O16P2. The summed E-state index contributed by atoms with van der Waals surface area (Å²) in [5.41, 5.74) is 0. The third kappa shape index (κ3) is 72.8. The number of ether oxygens (including phenoxy) is 3. The summed E-state index contributed by atoms with van der Waals surface area (Å²) in [5, 5.41) is 20.6. The van der Waals surface area contributed by atoms with Crippen molar-refractivity contribution in [3.8, 4) is 0 Å². The Morgan fingerprint density at radius 1 is 0.299 bits per heavy atom. The highest BCUT2D eigenvalue weighted by Gasteiger charge is 2.29. The number of rotatable bonds is 70. The van der Waals surface area contributed by atoms with Gasteiger partial charge in [-0.2, -0.15) is 0 Å². The summed E-state index contributed by atoms with van der Waals surface area (Å²) < 4.78 is 61.0. The molecule has 4 N–H and O–H groups in total. The Morgan fingerprint density at radius 2 is 0.546 bits per heavy atom. The molecule has 0 spiro atoms. The minimum absolute atomic E-state index is 0.0869. The van der Waals surface area contributed by atoms with Crippen molar-refractivity contribution in [2.75, 3.05) is 39.6 Å². The summed E-state index contributed by atoms with van der Waals surface area (Å²) in [7, 11) is -9.79. The second-order valence-corrected chi connectivity index (χ2v) is 27.6. The first-order valence-electron chi connectivity index (χ1n) is 37.5. The number of phosphoric acid groups is 2. The first kappa shape index (κ1) is 92.7. The van der Waals surface area contributed by atoms with Gasteiger partial charge < -0.3 is 34.2 Å². The number of aliphatic hydroxyl groups is 2. The van der Waals surface area contributed by atoms with Gasteiger partial charge in [0.2, 0.25) is 0 Å². The maximum atomic E-state index is 12.9. The van der Waals surface area contributed by atoms with Crippen LogP contribution >= 0.6 is 15.6 Å². The van der Waals surface area contributed by atoms with Crippen LogP contribution in [0.4, 0.5) is 0 Å². The first-order chi connectivity index (χ1) is 47.2. The van der Waals surface area contributed by atoms with E-state index in [1.165, 1.54) is 77.0 Å². The number of esters is 3. The molecule has 5 unspecified atom stereocenters.